The van der Waals surface area contributed by atoms with Gasteiger partial charge < -0.3 is 5.32 Å². The maximum Gasteiger partial charge on any atom is 0.0205 e. The molecule has 0 radical (unpaired) electrons. The molecule has 0 aromatic rings. The molecular weight excluding hydrogens is 208 g/mol. The lowest BCUT2D eigenvalue weighted by Crippen LogP contribution is -2.55. The third-order valence-electron chi connectivity index (χ3n) is 3.06. The van der Waals surface area contributed by atoms with Gasteiger partial charge in [0.1, 0.15) is 0 Å². The standard InChI is InChI=1S/C12H23ClN2/c1-4-5-12-9-15(8-10(2)6-13)11(3)7-14-12/h6,11-12,14H,4-5,7-9H2,1-3H3. The molecule has 0 aromatic heterocycles. The van der Waals surface area contributed by atoms with Gasteiger partial charge in [0.15, 0.2) is 0 Å². The number of rotatable bonds is 4. The highest BCUT2D eigenvalue weighted by atomic mass is 35.5. The maximum atomic E-state index is 5.71. The van der Waals surface area contributed by atoms with E-state index in [1.807, 2.05) is 0 Å². The number of hydrogen-bond donors (Lipinski definition) is 1. The van der Waals surface area contributed by atoms with Gasteiger partial charge in [0.05, 0.1) is 0 Å². The minimum atomic E-state index is 0.615. The van der Waals surface area contributed by atoms with E-state index in [0.717, 1.165) is 19.6 Å². The second-order valence-electron chi connectivity index (χ2n) is 4.63. The second kappa shape index (κ2) is 6.51. The molecule has 15 heavy (non-hydrogen) atoms. The molecule has 1 heterocycles. The fourth-order valence-electron chi connectivity index (χ4n) is 2.11. The molecule has 0 saturated carbocycles. The minimum absolute atomic E-state index is 0.615. The molecule has 0 amide bonds. The van der Waals surface area contributed by atoms with Crippen LogP contribution in [0.5, 0.6) is 0 Å². The molecule has 2 nitrogen and oxygen atoms in total. The van der Waals surface area contributed by atoms with Gasteiger partial charge in [-0.1, -0.05) is 24.9 Å². The van der Waals surface area contributed by atoms with E-state index >= 15 is 0 Å². The summed E-state index contributed by atoms with van der Waals surface area (Å²) in [6, 6.07) is 1.28. The molecule has 0 bridgehead atoms. The van der Waals surface area contributed by atoms with Crippen LogP contribution in [0.15, 0.2) is 11.1 Å². The summed E-state index contributed by atoms with van der Waals surface area (Å²) in [4.78, 5) is 2.52. The zero-order chi connectivity index (χ0) is 11.3. The van der Waals surface area contributed by atoms with E-state index in [4.69, 9.17) is 11.6 Å². The van der Waals surface area contributed by atoms with Crippen LogP contribution in [0.3, 0.4) is 0 Å². The summed E-state index contributed by atoms with van der Waals surface area (Å²) in [5, 5.41) is 3.60. The molecule has 0 aromatic carbocycles. The Hall–Kier alpha value is -0.0500. The predicted molar refractivity (Wildman–Crippen MR) is 67.3 cm³/mol. The van der Waals surface area contributed by atoms with E-state index in [0.29, 0.717) is 12.1 Å². The van der Waals surface area contributed by atoms with E-state index in [-0.39, 0.29) is 0 Å². The van der Waals surface area contributed by atoms with Crippen LogP contribution in [-0.2, 0) is 0 Å². The summed E-state index contributed by atoms with van der Waals surface area (Å²) in [5.41, 5.74) is 2.95. The lowest BCUT2D eigenvalue weighted by atomic mass is 10.1. The minimum Gasteiger partial charge on any atom is -0.311 e. The van der Waals surface area contributed by atoms with Gasteiger partial charge in [0.25, 0.3) is 0 Å². The first-order chi connectivity index (χ1) is 7.17. The van der Waals surface area contributed by atoms with E-state index < -0.39 is 0 Å². The van der Waals surface area contributed by atoms with Crippen LogP contribution in [0, 0.1) is 0 Å². The van der Waals surface area contributed by atoms with Crippen LogP contribution < -0.4 is 5.32 Å². The predicted octanol–water partition coefficient (Wildman–Crippen LogP) is 2.59. The van der Waals surface area contributed by atoms with Gasteiger partial charge in [-0.25, -0.2) is 0 Å². The van der Waals surface area contributed by atoms with Crippen molar-refractivity contribution in [1.82, 2.24) is 10.2 Å². The van der Waals surface area contributed by atoms with Crippen molar-refractivity contribution in [3.05, 3.63) is 11.1 Å². The highest BCUT2D eigenvalue weighted by molar-refractivity contribution is 6.25. The normalized spacial score (nSPS) is 29.5. The zero-order valence-electron chi connectivity index (χ0n) is 10.1. The quantitative estimate of drug-likeness (QED) is 0.799. The second-order valence-corrected chi connectivity index (χ2v) is 4.85. The number of nitrogens with one attached hydrogen (secondary N) is 1. The Morgan fingerprint density at radius 1 is 1.60 bits per heavy atom. The molecule has 1 rings (SSSR count). The average molecular weight is 231 g/mol. The smallest absolute Gasteiger partial charge is 0.0205 e. The SMILES string of the molecule is CCCC1CN(CC(C)=CCl)C(C)CN1. The highest BCUT2D eigenvalue weighted by Crippen LogP contribution is 2.12. The first kappa shape index (κ1) is 13.0. The van der Waals surface area contributed by atoms with Gasteiger partial charge in [-0.05, 0) is 25.8 Å². The first-order valence-electron chi connectivity index (χ1n) is 5.90. The topological polar surface area (TPSA) is 15.3 Å². The van der Waals surface area contributed by atoms with E-state index in [1.54, 1.807) is 5.54 Å². The van der Waals surface area contributed by atoms with Crippen molar-refractivity contribution in [2.24, 2.45) is 0 Å². The Bertz CT molecular complexity index is 216. The van der Waals surface area contributed by atoms with E-state index in [2.05, 4.69) is 31.0 Å². The monoisotopic (exact) mass is 230 g/mol. The zero-order valence-corrected chi connectivity index (χ0v) is 10.8. The average Bonchev–Trinajstić information content (AvgIpc) is 2.23. The van der Waals surface area contributed by atoms with Crippen molar-refractivity contribution in [2.75, 3.05) is 19.6 Å². The molecule has 1 aliphatic rings. The van der Waals surface area contributed by atoms with Crippen molar-refractivity contribution in [1.29, 1.82) is 0 Å². The lowest BCUT2D eigenvalue weighted by Gasteiger charge is -2.39. The van der Waals surface area contributed by atoms with Crippen LogP contribution in [0.25, 0.3) is 0 Å². The molecule has 1 fully saturated rings. The molecule has 2 atom stereocenters. The Morgan fingerprint density at radius 2 is 2.33 bits per heavy atom. The van der Waals surface area contributed by atoms with Gasteiger partial charge in [-0.2, -0.15) is 0 Å². The van der Waals surface area contributed by atoms with E-state index in [1.165, 1.54) is 18.4 Å². The number of nitrogens with zero attached hydrogens (tertiary/aromatic N) is 1. The van der Waals surface area contributed by atoms with Gasteiger partial charge >= 0.3 is 0 Å². The van der Waals surface area contributed by atoms with Crippen molar-refractivity contribution in [2.45, 2.75) is 45.7 Å². The van der Waals surface area contributed by atoms with Crippen LogP contribution in [0.4, 0.5) is 0 Å². The third-order valence-corrected chi connectivity index (χ3v) is 3.43. The molecule has 1 aliphatic heterocycles. The van der Waals surface area contributed by atoms with E-state index in [9.17, 15) is 0 Å². The fraction of sp³-hybridized carbons (Fsp3) is 0.833. The van der Waals surface area contributed by atoms with Gasteiger partial charge in [-0.3, -0.25) is 4.90 Å². The maximum absolute atomic E-state index is 5.71. The molecule has 0 spiro atoms. The van der Waals surface area contributed by atoms with Crippen molar-refractivity contribution >= 4 is 11.6 Å². The lowest BCUT2D eigenvalue weighted by molar-refractivity contribution is 0.149. The highest BCUT2D eigenvalue weighted by Gasteiger charge is 2.23. The largest absolute Gasteiger partial charge is 0.311 e. The van der Waals surface area contributed by atoms with Crippen molar-refractivity contribution in [3.63, 3.8) is 0 Å². The Balaban J connectivity index is 2.46. The third kappa shape index (κ3) is 4.13. The molecule has 1 N–H and O–H groups in total. The number of hydrogen-bond acceptors (Lipinski definition) is 2. The van der Waals surface area contributed by atoms with Crippen LogP contribution in [-0.4, -0.2) is 36.6 Å². The fourth-order valence-corrected chi connectivity index (χ4v) is 2.18. The summed E-state index contributed by atoms with van der Waals surface area (Å²) in [5.74, 6) is 0. The first-order valence-corrected chi connectivity index (χ1v) is 6.34. The summed E-state index contributed by atoms with van der Waals surface area (Å²) >= 11 is 5.71. The van der Waals surface area contributed by atoms with Crippen molar-refractivity contribution in [3.8, 4) is 0 Å². The molecular formula is C12H23ClN2. The molecule has 0 aliphatic carbocycles. The summed E-state index contributed by atoms with van der Waals surface area (Å²) in [6.07, 6.45) is 2.52. The number of piperazine rings is 1. The Labute approximate surface area is 98.7 Å². The molecule has 88 valence electrons. The summed E-state index contributed by atoms with van der Waals surface area (Å²) in [7, 11) is 0. The van der Waals surface area contributed by atoms with Crippen LogP contribution in [0.1, 0.15) is 33.6 Å². The Kier molecular flexibility index (Phi) is 5.65. The van der Waals surface area contributed by atoms with Gasteiger partial charge in [-0.15, -0.1) is 0 Å². The van der Waals surface area contributed by atoms with Crippen LogP contribution in [0.2, 0.25) is 0 Å². The number of halogens is 1. The van der Waals surface area contributed by atoms with Gasteiger partial charge in [0.2, 0.25) is 0 Å². The molecule has 1 saturated heterocycles. The van der Waals surface area contributed by atoms with Crippen molar-refractivity contribution < 1.29 is 0 Å². The summed E-state index contributed by atoms with van der Waals surface area (Å²) in [6.45, 7) is 9.87. The summed E-state index contributed by atoms with van der Waals surface area (Å²) < 4.78 is 0. The Morgan fingerprint density at radius 3 is 2.93 bits per heavy atom. The van der Waals surface area contributed by atoms with Gasteiger partial charge in [0, 0.05) is 37.3 Å². The van der Waals surface area contributed by atoms with Crippen LogP contribution >= 0.6 is 11.6 Å². The molecule has 2 unspecified atom stereocenters. The molecule has 3 heteroatoms.